The van der Waals surface area contributed by atoms with E-state index >= 15 is 0 Å². The number of aromatic nitrogens is 5. The third-order valence-electron chi connectivity index (χ3n) is 14.9. The SMILES string of the molecule is CC(C)[C@@H](C(=O)N1C[C@H](O)C[C@H]1C(=O)N[C@@H](C)c1ccc(C#N)cc1)c1cc(N2CCC(CN3CCC(O[C@H]4C[C@H](C#CC(C(F)F)n5cc(-c6cc(-c7ccccc7O)nnc6N)cn5)C4)CC3)CC2)no1. The number of halogens is 2. The lowest BCUT2D eigenvalue weighted by Gasteiger charge is -2.40. The van der Waals surface area contributed by atoms with E-state index in [0.717, 1.165) is 68.7 Å². The fraction of sp³-hybridized carbons (Fsp3) is 0.500. The number of carbonyl (C=O) groups is 2. The molecule has 4 aliphatic rings. The maximum absolute atomic E-state index is 14.3. The van der Waals surface area contributed by atoms with Crippen LogP contribution in [-0.4, -0.2) is 127 Å². The van der Waals surface area contributed by atoms with Gasteiger partial charge in [-0.2, -0.15) is 10.4 Å². The molecule has 3 aromatic heterocycles. The largest absolute Gasteiger partial charge is 0.507 e. The van der Waals surface area contributed by atoms with Gasteiger partial charge < -0.3 is 45.2 Å². The number of nitrogens with two attached hydrogens (primary N) is 1. The van der Waals surface area contributed by atoms with Crippen LogP contribution in [-0.2, 0) is 14.3 Å². The number of phenolic OH excluding ortho intramolecular Hbond substituents is 1. The van der Waals surface area contributed by atoms with E-state index in [0.29, 0.717) is 58.3 Å². The van der Waals surface area contributed by atoms with Crippen LogP contribution in [0.5, 0.6) is 5.75 Å². The van der Waals surface area contributed by atoms with Gasteiger partial charge in [0.15, 0.2) is 23.4 Å². The van der Waals surface area contributed by atoms with Gasteiger partial charge in [-0.1, -0.05) is 55.1 Å². The quantitative estimate of drug-likeness (QED) is 0.0800. The summed E-state index contributed by atoms with van der Waals surface area (Å²) in [5, 5.41) is 49.8. The number of likely N-dealkylation sites (tertiary alicyclic amines) is 2. The van der Waals surface area contributed by atoms with Crippen molar-refractivity contribution in [2.24, 2.45) is 17.8 Å². The predicted octanol–water partition coefficient (Wildman–Crippen LogP) is 6.72. The Bertz CT molecular complexity index is 2820. The van der Waals surface area contributed by atoms with Crippen LogP contribution < -0.4 is 16.0 Å². The average molecular weight is 1000 g/mol. The second-order valence-corrected chi connectivity index (χ2v) is 20.3. The minimum absolute atomic E-state index is 0.0261. The fourth-order valence-electron chi connectivity index (χ4n) is 10.6. The molecule has 0 bridgehead atoms. The molecule has 4 fully saturated rings. The second kappa shape index (κ2) is 22.5. The van der Waals surface area contributed by atoms with Crippen LogP contribution >= 0.6 is 0 Å². The first-order valence-corrected chi connectivity index (χ1v) is 25.3. The molecule has 1 aliphatic carbocycles. The number of carbonyl (C=O) groups excluding carboxylic acids is 2. The minimum atomic E-state index is -2.77. The number of nitrogens with zero attached hydrogens (tertiary/aromatic N) is 9. The summed E-state index contributed by atoms with van der Waals surface area (Å²) in [5.41, 5.74) is 9.24. The van der Waals surface area contributed by atoms with E-state index in [9.17, 15) is 28.6 Å². The van der Waals surface area contributed by atoms with Crippen LogP contribution in [0.4, 0.5) is 20.4 Å². The van der Waals surface area contributed by atoms with Crippen LogP contribution in [0.3, 0.4) is 0 Å². The van der Waals surface area contributed by atoms with Crippen molar-refractivity contribution in [3.8, 4) is 46.0 Å². The maximum atomic E-state index is 14.3. The normalized spacial score (nSPS) is 22.1. The third kappa shape index (κ3) is 11.8. The number of ether oxygens (including phenoxy) is 1. The number of amides is 2. The molecule has 1 saturated carbocycles. The first kappa shape index (κ1) is 51.0. The number of benzene rings is 2. The minimum Gasteiger partial charge on any atom is -0.507 e. The number of nitrogens with one attached hydrogen (secondary N) is 1. The molecule has 73 heavy (non-hydrogen) atoms. The van der Waals surface area contributed by atoms with Gasteiger partial charge >= 0.3 is 0 Å². The molecular weight excluding hydrogens is 937 g/mol. The van der Waals surface area contributed by atoms with Gasteiger partial charge in [0.05, 0.1) is 47.9 Å². The molecule has 6 heterocycles. The Hall–Kier alpha value is -6.93. The van der Waals surface area contributed by atoms with Crippen LogP contribution in [0.25, 0.3) is 22.4 Å². The smallest absolute Gasteiger partial charge is 0.271 e. The number of alkyl halides is 2. The summed E-state index contributed by atoms with van der Waals surface area (Å²) in [4.78, 5) is 34.0. The summed E-state index contributed by atoms with van der Waals surface area (Å²) < 4.78 is 42.2. The van der Waals surface area contributed by atoms with E-state index in [4.69, 9.17) is 20.3 Å². The van der Waals surface area contributed by atoms with Crippen LogP contribution in [0, 0.1) is 40.9 Å². The zero-order valence-electron chi connectivity index (χ0n) is 41.4. The molecule has 3 aliphatic heterocycles. The van der Waals surface area contributed by atoms with Crippen molar-refractivity contribution in [2.45, 2.75) is 114 Å². The molecule has 0 radical (unpaired) electrons. The number of para-hydroxylation sites is 1. The summed E-state index contributed by atoms with van der Waals surface area (Å²) >= 11 is 0. The molecule has 2 aromatic carbocycles. The standard InChI is InChI=1S/C54H63F2N11O6/c1-32(2)50(54(71)66-31-39(68)24-46(66)53(70)60-33(3)37-11-8-34(27-57)9-12-37)48-26-49(63-73-48)65-20-14-35(15-21-65)29-64-18-16-40(17-19-64)72-41-22-36(23-41)10-13-45(51(55)56)67-30-38(28-59-67)43-25-44(61-62-52(43)58)42-6-4-5-7-47(42)69/h4-9,11-12,25-26,28,30,32-33,35-36,39-41,45-46,50-51,68-69H,14-24,29,31H2,1-3H3,(H2,58,62)(H,60,70)/t33-,36-,39+,41-,45?,46-,50+/m0/s1. The summed E-state index contributed by atoms with van der Waals surface area (Å²) in [6, 6.07) is 16.6. The zero-order valence-corrected chi connectivity index (χ0v) is 41.4. The summed E-state index contributed by atoms with van der Waals surface area (Å²) in [5.74, 6) is 6.10. The molecule has 5 atom stereocenters. The van der Waals surface area contributed by atoms with E-state index in [1.54, 1.807) is 48.5 Å². The Labute approximate surface area is 423 Å². The molecule has 19 heteroatoms. The van der Waals surface area contributed by atoms with Gasteiger partial charge in [-0.3, -0.25) is 14.3 Å². The van der Waals surface area contributed by atoms with Crippen molar-refractivity contribution in [3.63, 3.8) is 0 Å². The summed E-state index contributed by atoms with van der Waals surface area (Å²) in [7, 11) is 0. The van der Waals surface area contributed by atoms with E-state index in [1.807, 2.05) is 26.8 Å². The first-order chi connectivity index (χ1) is 35.2. The van der Waals surface area contributed by atoms with Crippen LogP contribution in [0.15, 0.2) is 77.6 Å². The highest BCUT2D eigenvalue weighted by molar-refractivity contribution is 5.91. The lowest BCUT2D eigenvalue weighted by Crippen LogP contribution is -2.48. The predicted molar refractivity (Wildman–Crippen MR) is 268 cm³/mol. The molecule has 5 aromatic rings. The highest BCUT2D eigenvalue weighted by atomic mass is 19.3. The Balaban J connectivity index is 0.703. The van der Waals surface area contributed by atoms with Crippen LogP contribution in [0.1, 0.15) is 101 Å². The molecule has 2 amide bonds. The highest BCUT2D eigenvalue weighted by Crippen LogP contribution is 2.37. The number of nitriles is 1. The van der Waals surface area contributed by atoms with Crippen molar-refractivity contribution in [1.82, 2.24) is 40.3 Å². The molecule has 384 valence electrons. The van der Waals surface area contributed by atoms with Gasteiger partial charge in [-0.05, 0) is 93.2 Å². The van der Waals surface area contributed by atoms with E-state index < -0.39 is 30.5 Å². The number of phenols is 1. The highest BCUT2D eigenvalue weighted by Gasteiger charge is 2.44. The molecule has 5 N–H and O–H groups in total. The topological polar surface area (TPSA) is 225 Å². The second-order valence-electron chi connectivity index (χ2n) is 20.3. The van der Waals surface area contributed by atoms with E-state index in [1.165, 1.54) is 23.4 Å². The van der Waals surface area contributed by atoms with Crippen LogP contribution in [0.2, 0.25) is 0 Å². The number of aromatic hydroxyl groups is 1. The number of β-amino-alcohol motifs (C(OH)–C–C–N with tert-alkyl or cyclic N) is 1. The van der Waals surface area contributed by atoms with Crippen molar-refractivity contribution >= 4 is 23.5 Å². The van der Waals surface area contributed by atoms with Crippen molar-refractivity contribution in [2.75, 3.05) is 49.9 Å². The number of hydrogen-bond acceptors (Lipinski definition) is 14. The molecule has 17 nitrogen and oxygen atoms in total. The maximum Gasteiger partial charge on any atom is 0.271 e. The number of piperidine rings is 2. The summed E-state index contributed by atoms with van der Waals surface area (Å²) in [6.45, 7) is 10.3. The number of anilines is 2. The number of hydrogen-bond donors (Lipinski definition) is 4. The molecule has 9 rings (SSSR count). The van der Waals surface area contributed by atoms with Crippen molar-refractivity contribution in [1.29, 1.82) is 5.26 Å². The Morgan fingerprint density at radius 2 is 1.70 bits per heavy atom. The lowest BCUT2D eigenvalue weighted by molar-refractivity contribution is -0.141. The van der Waals surface area contributed by atoms with E-state index in [-0.39, 0.29) is 66.4 Å². The van der Waals surface area contributed by atoms with Crippen molar-refractivity contribution in [3.05, 3.63) is 89.9 Å². The number of aliphatic hydroxyl groups is 1. The monoisotopic (exact) mass is 999 g/mol. The summed E-state index contributed by atoms with van der Waals surface area (Å²) in [6.07, 6.45) is 4.91. The average Bonchev–Trinajstić information content (AvgIpc) is 4.15. The fourth-order valence-corrected chi connectivity index (χ4v) is 10.6. The van der Waals surface area contributed by atoms with Gasteiger partial charge in [0.1, 0.15) is 17.7 Å². The number of nitrogen functional groups attached to an aromatic ring is 1. The van der Waals surface area contributed by atoms with Gasteiger partial charge in [-0.15, -0.1) is 10.2 Å². The van der Waals surface area contributed by atoms with Gasteiger partial charge in [-0.25, -0.2) is 8.78 Å². The number of aliphatic hydroxyl groups excluding tert-OH is 1. The third-order valence-corrected chi connectivity index (χ3v) is 14.9. The molecule has 3 saturated heterocycles. The molecule has 0 spiro atoms. The Morgan fingerprint density at radius 3 is 2.40 bits per heavy atom. The first-order valence-electron chi connectivity index (χ1n) is 25.3. The zero-order chi connectivity index (χ0) is 51.3. The Kier molecular flexibility index (Phi) is 15.7. The molecule has 1 unspecified atom stereocenters. The van der Waals surface area contributed by atoms with Gasteiger partial charge in [0.2, 0.25) is 11.8 Å². The Morgan fingerprint density at radius 1 is 0.959 bits per heavy atom. The number of rotatable bonds is 15. The molecular formula is C54H63F2N11O6. The van der Waals surface area contributed by atoms with E-state index in [2.05, 4.69) is 53.5 Å². The van der Waals surface area contributed by atoms with Gasteiger partial charge in [0, 0.05) is 80.6 Å². The van der Waals surface area contributed by atoms with Gasteiger partial charge in [0.25, 0.3) is 6.43 Å². The van der Waals surface area contributed by atoms with Crippen molar-refractivity contribution < 1.29 is 37.8 Å². The lowest BCUT2D eigenvalue weighted by atomic mass is 9.82.